The van der Waals surface area contributed by atoms with E-state index in [0.29, 0.717) is 19.6 Å². The average molecular weight is 303 g/mol. The van der Waals surface area contributed by atoms with E-state index in [1.54, 1.807) is 0 Å². The zero-order valence-corrected chi connectivity index (χ0v) is 11.9. The van der Waals surface area contributed by atoms with Gasteiger partial charge in [-0.3, -0.25) is 0 Å². The molecule has 1 fully saturated rings. The Morgan fingerprint density at radius 3 is 2.90 bits per heavy atom. The Morgan fingerprint density at radius 2 is 2.30 bits per heavy atom. The summed E-state index contributed by atoms with van der Waals surface area (Å²) in [5.41, 5.74) is 0. The summed E-state index contributed by atoms with van der Waals surface area (Å²) in [6, 6.07) is 2.31. The fourth-order valence-electron chi connectivity index (χ4n) is 2.20. The molecule has 1 aliphatic heterocycles. The Hall–Kier alpha value is -1.38. The number of carboxylic acids is 1. The summed E-state index contributed by atoms with van der Waals surface area (Å²) in [4.78, 5) is 10.7. The van der Waals surface area contributed by atoms with Gasteiger partial charge < -0.3 is 14.3 Å². The van der Waals surface area contributed by atoms with E-state index in [2.05, 4.69) is 0 Å². The summed E-state index contributed by atoms with van der Waals surface area (Å²) in [7, 11) is -3.80. The van der Waals surface area contributed by atoms with Crippen molar-refractivity contribution in [3.05, 3.63) is 17.9 Å². The summed E-state index contributed by atoms with van der Waals surface area (Å²) >= 11 is 0. The van der Waals surface area contributed by atoms with Crippen molar-refractivity contribution in [3.63, 3.8) is 0 Å². The number of sulfonamides is 1. The number of aromatic carboxylic acids is 1. The fourth-order valence-corrected chi connectivity index (χ4v) is 3.62. The second-order valence-corrected chi connectivity index (χ2v) is 6.38. The Bertz CT molecular complexity index is 577. The molecule has 0 spiro atoms. The molecule has 0 radical (unpaired) electrons. The van der Waals surface area contributed by atoms with Crippen LogP contribution in [0.2, 0.25) is 0 Å². The molecule has 1 aromatic rings. The third-order valence-electron chi connectivity index (χ3n) is 3.13. The van der Waals surface area contributed by atoms with Gasteiger partial charge in [-0.25, -0.2) is 13.2 Å². The van der Waals surface area contributed by atoms with Gasteiger partial charge in [-0.1, -0.05) is 0 Å². The highest BCUT2D eigenvalue weighted by molar-refractivity contribution is 7.89. The lowest BCUT2D eigenvalue weighted by atomic mass is 10.1. The third kappa shape index (κ3) is 3.02. The molecule has 1 aromatic heterocycles. The molecule has 0 bridgehead atoms. The molecule has 1 atom stereocenters. The minimum atomic E-state index is -3.80. The molecule has 2 heterocycles. The topological polar surface area (TPSA) is 97.0 Å². The van der Waals surface area contributed by atoms with Crippen LogP contribution in [-0.4, -0.2) is 49.6 Å². The second kappa shape index (κ2) is 5.94. The molecule has 1 saturated heterocycles. The van der Waals surface area contributed by atoms with Gasteiger partial charge in [0.2, 0.25) is 10.9 Å². The van der Waals surface area contributed by atoms with E-state index in [4.69, 9.17) is 14.3 Å². The van der Waals surface area contributed by atoms with Gasteiger partial charge in [0.25, 0.3) is 10.0 Å². The SMILES string of the molecule is CCOC1CCCN(S(=O)(=O)c2ccc(C(=O)O)o2)C1. The molecule has 20 heavy (non-hydrogen) atoms. The van der Waals surface area contributed by atoms with Crippen molar-refractivity contribution in [1.29, 1.82) is 0 Å². The van der Waals surface area contributed by atoms with Crippen molar-refractivity contribution in [3.8, 4) is 0 Å². The van der Waals surface area contributed by atoms with Crippen molar-refractivity contribution in [2.24, 2.45) is 0 Å². The van der Waals surface area contributed by atoms with Gasteiger partial charge >= 0.3 is 5.97 Å². The minimum absolute atomic E-state index is 0.127. The van der Waals surface area contributed by atoms with Crippen molar-refractivity contribution in [2.45, 2.75) is 31.0 Å². The highest BCUT2D eigenvalue weighted by atomic mass is 32.2. The summed E-state index contributed by atoms with van der Waals surface area (Å²) in [6.45, 7) is 3.04. The second-order valence-electron chi connectivity index (χ2n) is 4.51. The van der Waals surface area contributed by atoms with Crippen LogP contribution in [0, 0.1) is 0 Å². The highest BCUT2D eigenvalue weighted by Crippen LogP contribution is 2.23. The van der Waals surface area contributed by atoms with Gasteiger partial charge in [-0.05, 0) is 31.9 Å². The first kappa shape index (κ1) is 15.0. The first-order chi connectivity index (χ1) is 9.45. The smallest absolute Gasteiger partial charge is 0.371 e. The molecule has 0 aliphatic carbocycles. The molecular weight excluding hydrogens is 286 g/mol. The lowest BCUT2D eigenvalue weighted by molar-refractivity contribution is 0.0261. The van der Waals surface area contributed by atoms with Gasteiger partial charge in [0.1, 0.15) is 0 Å². The van der Waals surface area contributed by atoms with Crippen LogP contribution in [0.15, 0.2) is 21.6 Å². The zero-order valence-electron chi connectivity index (χ0n) is 11.1. The molecule has 2 rings (SSSR count). The Morgan fingerprint density at radius 1 is 1.55 bits per heavy atom. The van der Waals surface area contributed by atoms with Crippen molar-refractivity contribution >= 4 is 16.0 Å². The normalized spacial score (nSPS) is 20.9. The summed E-state index contributed by atoms with van der Waals surface area (Å²) < 4.78 is 36.3. The Balaban J connectivity index is 2.18. The van der Waals surface area contributed by atoms with Crippen LogP contribution in [0.1, 0.15) is 30.3 Å². The molecule has 1 unspecified atom stereocenters. The van der Waals surface area contributed by atoms with E-state index in [9.17, 15) is 13.2 Å². The summed E-state index contributed by atoms with van der Waals surface area (Å²) in [5, 5.41) is 8.42. The van der Waals surface area contributed by atoms with E-state index < -0.39 is 16.0 Å². The predicted octanol–water partition coefficient (Wildman–Crippen LogP) is 1.17. The van der Waals surface area contributed by atoms with Crippen molar-refractivity contribution in [2.75, 3.05) is 19.7 Å². The highest BCUT2D eigenvalue weighted by Gasteiger charge is 2.33. The van der Waals surface area contributed by atoms with Gasteiger partial charge in [-0.2, -0.15) is 4.31 Å². The maximum Gasteiger partial charge on any atom is 0.371 e. The number of hydrogen-bond acceptors (Lipinski definition) is 5. The van der Waals surface area contributed by atoms with Crippen molar-refractivity contribution in [1.82, 2.24) is 4.31 Å². The fraction of sp³-hybridized carbons (Fsp3) is 0.583. The Labute approximate surface area is 117 Å². The number of rotatable bonds is 5. The minimum Gasteiger partial charge on any atom is -0.475 e. The number of piperidine rings is 1. The Kier molecular flexibility index (Phi) is 4.46. The summed E-state index contributed by atoms with van der Waals surface area (Å²) in [6.07, 6.45) is 1.40. The first-order valence-electron chi connectivity index (χ1n) is 6.40. The molecule has 1 aliphatic rings. The first-order valence-corrected chi connectivity index (χ1v) is 7.84. The van der Waals surface area contributed by atoms with Crippen LogP contribution >= 0.6 is 0 Å². The van der Waals surface area contributed by atoms with Gasteiger partial charge in [0, 0.05) is 19.7 Å². The van der Waals surface area contributed by atoms with E-state index in [1.807, 2.05) is 6.92 Å². The molecule has 1 N–H and O–H groups in total. The average Bonchev–Trinajstić information content (AvgIpc) is 2.90. The summed E-state index contributed by atoms with van der Waals surface area (Å²) in [5.74, 6) is -1.68. The number of hydrogen-bond donors (Lipinski definition) is 1. The van der Waals surface area contributed by atoms with Crippen LogP contribution < -0.4 is 0 Å². The standard InChI is InChI=1S/C12H17NO6S/c1-2-18-9-4-3-7-13(8-9)20(16,17)11-6-5-10(19-11)12(14)15/h5-6,9H,2-4,7-8H2,1H3,(H,14,15). The van der Waals surface area contributed by atoms with Crippen LogP contribution in [0.25, 0.3) is 0 Å². The van der Waals surface area contributed by atoms with Gasteiger partial charge in [0.15, 0.2) is 0 Å². The number of nitrogens with zero attached hydrogens (tertiary/aromatic N) is 1. The largest absolute Gasteiger partial charge is 0.475 e. The number of carboxylic acid groups (broad SMARTS) is 1. The van der Waals surface area contributed by atoms with E-state index in [-0.39, 0.29) is 23.5 Å². The van der Waals surface area contributed by atoms with Gasteiger partial charge in [0.05, 0.1) is 6.10 Å². The van der Waals surface area contributed by atoms with Crippen LogP contribution in [0.4, 0.5) is 0 Å². The van der Waals surface area contributed by atoms with Crippen LogP contribution in [-0.2, 0) is 14.8 Å². The predicted molar refractivity (Wildman–Crippen MR) is 69.1 cm³/mol. The lowest BCUT2D eigenvalue weighted by Crippen LogP contribution is -2.43. The number of carbonyl (C=O) groups is 1. The van der Waals surface area contributed by atoms with Crippen molar-refractivity contribution < 1.29 is 27.5 Å². The molecule has 0 aromatic carbocycles. The molecular formula is C12H17NO6S. The molecule has 7 nitrogen and oxygen atoms in total. The lowest BCUT2D eigenvalue weighted by Gasteiger charge is -2.30. The molecule has 112 valence electrons. The quantitative estimate of drug-likeness (QED) is 0.877. The zero-order chi connectivity index (χ0) is 14.8. The van der Waals surface area contributed by atoms with Crippen LogP contribution in [0.5, 0.6) is 0 Å². The molecule has 8 heteroatoms. The van der Waals surface area contributed by atoms with E-state index >= 15 is 0 Å². The number of furan rings is 1. The maximum atomic E-state index is 12.4. The molecule has 0 amide bonds. The van der Waals surface area contributed by atoms with E-state index in [0.717, 1.165) is 12.5 Å². The van der Waals surface area contributed by atoms with E-state index in [1.165, 1.54) is 10.4 Å². The maximum absolute atomic E-state index is 12.4. The van der Waals surface area contributed by atoms with Gasteiger partial charge in [-0.15, -0.1) is 0 Å². The van der Waals surface area contributed by atoms with Crippen LogP contribution in [0.3, 0.4) is 0 Å². The number of ether oxygens (including phenoxy) is 1. The monoisotopic (exact) mass is 303 g/mol. The molecule has 0 saturated carbocycles. The third-order valence-corrected chi connectivity index (χ3v) is 4.87.